The van der Waals surface area contributed by atoms with Gasteiger partial charge in [-0.05, 0) is 6.07 Å². The van der Waals surface area contributed by atoms with Gasteiger partial charge in [-0.15, -0.1) is 0 Å². The van der Waals surface area contributed by atoms with E-state index in [1.54, 1.807) is 0 Å². The van der Waals surface area contributed by atoms with Crippen molar-refractivity contribution in [2.45, 2.75) is 6.54 Å². The number of nitrogens with one attached hydrogen (secondary N) is 1. The highest BCUT2D eigenvalue weighted by Crippen LogP contribution is 2.33. The highest BCUT2D eigenvalue weighted by molar-refractivity contribution is 9.11. The van der Waals surface area contributed by atoms with Gasteiger partial charge in [-0.25, -0.2) is 0 Å². The standard InChI is InChI=1S/C12H14BrNO2/c1-9(13)7-14-8-10-3-2-4-11-12(10)16-6-5-15-11/h2-4,14H,1,5-8H2. The number of hydrogen-bond acceptors (Lipinski definition) is 3. The van der Waals surface area contributed by atoms with Gasteiger partial charge in [0.05, 0.1) is 0 Å². The Hall–Kier alpha value is -1.00. The molecule has 1 heterocycles. The first-order chi connectivity index (χ1) is 7.77. The summed E-state index contributed by atoms with van der Waals surface area (Å²) in [6.07, 6.45) is 0. The van der Waals surface area contributed by atoms with E-state index in [-0.39, 0.29) is 0 Å². The fourth-order valence-electron chi connectivity index (χ4n) is 1.61. The summed E-state index contributed by atoms with van der Waals surface area (Å²) in [5, 5.41) is 3.27. The lowest BCUT2D eigenvalue weighted by Gasteiger charge is -2.21. The molecule has 0 saturated carbocycles. The van der Waals surface area contributed by atoms with Crippen LogP contribution in [0.5, 0.6) is 11.5 Å². The van der Waals surface area contributed by atoms with Gasteiger partial charge in [0.1, 0.15) is 13.2 Å². The fraction of sp³-hybridized carbons (Fsp3) is 0.333. The monoisotopic (exact) mass is 283 g/mol. The lowest BCUT2D eigenvalue weighted by molar-refractivity contribution is 0.169. The van der Waals surface area contributed by atoms with E-state index in [1.165, 1.54) is 0 Å². The third kappa shape index (κ3) is 2.77. The zero-order chi connectivity index (χ0) is 11.4. The number of fused-ring (bicyclic) bond motifs is 1. The summed E-state index contributed by atoms with van der Waals surface area (Å²) in [5.74, 6) is 1.70. The molecule has 0 unspecified atom stereocenters. The van der Waals surface area contributed by atoms with Crippen LogP contribution in [0.25, 0.3) is 0 Å². The summed E-state index contributed by atoms with van der Waals surface area (Å²) >= 11 is 3.31. The average Bonchev–Trinajstić information content (AvgIpc) is 2.29. The van der Waals surface area contributed by atoms with Gasteiger partial charge >= 0.3 is 0 Å². The molecule has 0 radical (unpaired) electrons. The van der Waals surface area contributed by atoms with Crippen molar-refractivity contribution in [3.05, 3.63) is 34.8 Å². The predicted octanol–water partition coefficient (Wildman–Crippen LogP) is 2.46. The summed E-state index contributed by atoms with van der Waals surface area (Å²) < 4.78 is 12.1. The maximum Gasteiger partial charge on any atom is 0.165 e. The van der Waals surface area contributed by atoms with Crippen LogP contribution in [0.4, 0.5) is 0 Å². The number of rotatable bonds is 4. The minimum Gasteiger partial charge on any atom is -0.486 e. The second-order valence-electron chi connectivity index (χ2n) is 3.56. The molecule has 0 spiro atoms. The third-order valence-electron chi connectivity index (χ3n) is 2.28. The molecule has 3 nitrogen and oxygen atoms in total. The zero-order valence-corrected chi connectivity index (χ0v) is 10.5. The SMILES string of the molecule is C=C(Br)CNCc1cccc2c1OCCO2. The van der Waals surface area contributed by atoms with Crippen LogP contribution in [0.2, 0.25) is 0 Å². The van der Waals surface area contributed by atoms with Crippen LogP contribution in [0.3, 0.4) is 0 Å². The third-order valence-corrected chi connectivity index (χ3v) is 2.56. The largest absolute Gasteiger partial charge is 0.486 e. The molecule has 1 aromatic carbocycles. The summed E-state index contributed by atoms with van der Waals surface area (Å²) in [6, 6.07) is 5.95. The van der Waals surface area contributed by atoms with E-state index in [2.05, 4.69) is 27.8 Å². The van der Waals surface area contributed by atoms with E-state index in [0.717, 1.165) is 34.6 Å². The number of ether oxygens (including phenoxy) is 2. The van der Waals surface area contributed by atoms with Crippen molar-refractivity contribution in [2.24, 2.45) is 0 Å². The van der Waals surface area contributed by atoms with Crippen molar-refractivity contribution in [3.63, 3.8) is 0 Å². The smallest absolute Gasteiger partial charge is 0.165 e. The van der Waals surface area contributed by atoms with Crippen molar-refractivity contribution in [1.29, 1.82) is 0 Å². The second kappa shape index (κ2) is 5.37. The molecule has 1 N–H and O–H groups in total. The minimum atomic E-state index is 0.620. The second-order valence-corrected chi connectivity index (χ2v) is 4.68. The molecule has 1 aliphatic heterocycles. The fourth-order valence-corrected chi connectivity index (χ4v) is 1.80. The maximum absolute atomic E-state index is 5.61. The Bertz CT molecular complexity index is 393. The van der Waals surface area contributed by atoms with E-state index in [0.29, 0.717) is 13.2 Å². The van der Waals surface area contributed by atoms with Gasteiger partial charge in [0.15, 0.2) is 11.5 Å². The Balaban J connectivity index is 2.05. The van der Waals surface area contributed by atoms with Crippen molar-refractivity contribution in [2.75, 3.05) is 19.8 Å². The van der Waals surface area contributed by atoms with Gasteiger partial charge in [0.2, 0.25) is 0 Å². The molecule has 1 aliphatic rings. The first-order valence-corrected chi connectivity index (χ1v) is 5.98. The van der Waals surface area contributed by atoms with Crippen LogP contribution in [0.1, 0.15) is 5.56 Å². The summed E-state index contributed by atoms with van der Waals surface area (Å²) in [6.45, 7) is 6.51. The molecule has 16 heavy (non-hydrogen) atoms. The zero-order valence-electron chi connectivity index (χ0n) is 8.96. The molecule has 2 rings (SSSR count). The summed E-state index contributed by atoms with van der Waals surface area (Å²) in [4.78, 5) is 0. The van der Waals surface area contributed by atoms with E-state index in [9.17, 15) is 0 Å². The molecule has 0 amide bonds. The Morgan fingerprint density at radius 3 is 3.00 bits per heavy atom. The van der Waals surface area contributed by atoms with Crippen molar-refractivity contribution in [1.82, 2.24) is 5.32 Å². The van der Waals surface area contributed by atoms with Gasteiger partial charge in [-0.2, -0.15) is 0 Å². The van der Waals surface area contributed by atoms with Gasteiger partial charge in [-0.3, -0.25) is 0 Å². The Labute approximate surface area is 104 Å². The average molecular weight is 284 g/mol. The van der Waals surface area contributed by atoms with Crippen LogP contribution in [-0.2, 0) is 6.54 Å². The molecular weight excluding hydrogens is 270 g/mol. The number of para-hydroxylation sites is 1. The van der Waals surface area contributed by atoms with Crippen molar-refractivity contribution >= 4 is 15.9 Å². The van der Waals surface area contributed by atoms with Crippen LogP contribution in [0.15, 0.2) is 29.3 Å². The van der Waals surface area contributed by atoms with E-state index in [4.69, 9.17) is 9.47 Å². The molecule has 1 aromatic rings. The normalized spacial score (nSPS) is 13.6. The van der Waals surface area contributed by atoms with Gasteiger partial charge in [-0.1, -0.05) is 34.6 Å². The molecular formula is C12H14BrNO2. The Morgan fingerprint density at radius 2 is 2.19 bits per heavy atom. The Morgan fingerprint density at radius 1 is 1.38 bits per heavy atom. The highest BCUT2D eigenvalue weighted by atomic mass is 79.9. The molecule has 0 aliphatic carbocycles. The van der Waals surface area contributed by atoms with Crippen molar-refractivity contribution in [3.8, 4) is 11.5 Å². The highest BCUT2D eigenvalue weighted by Gasteiger charge is 2.14. The molecule has 0 bridgehead atoms. The molecule has 86 valence electrons. The molecule has 4 heteroatoms. The first kappa shape index (κ1) is 11.5. The lowest BCUT2D eigenvalue weighted by atomic mass is 10.1. The Kier molecular flexibility index (Phi) is 3.85. The summed E-state index contributed by atoms with van der Waals surface area (Å²) in [5.41, 5.74) is 1.12. The number of halogens is 1. The summed E-state index contributed by atoms with van der Waals surface area (Å²) in [7, 11) is 0. The van der Waals surface area contributed by atoms with Gasteiger partial charge < -0.3 is 14.8 Å². The molecule has 0 aromatic heterocycles. The molecule has 0 fully saturated rings. The molecule has 0 saturated heterocycles. The van der Waals surface area contributed by atoms with Crippen LogP contribution < -0.4 is 14.8 Å². The quantitative estimate of drug-likeness (QED) is 0.921. The number of hydrogen-bond donors (Lipinski definition) is 1. The molecule has 0 atom stereocenters. The van der Waals surface area contributed by atoms with E-state index >= 15 is 0 Å². The lowest BCUT2D eigenvalue weighted by Crippen LogP contribution is -2.19. The first-order valence-electron chi connectivity index (χ1n) is 5.19. The van der Waals surface area contributed by atoms with Crippen molar-refractivity contribution < 1.29 is 9.47 Å². The van der Waals surface area contributed by atoms with Crippen LogP contribution >= 0.6 is 15.9 Å². The van der Waals surface area contributed by atoms with Crippen LogP contribution in [0, 0.1) is 0 Å². The minimum absolute atomic E-state index is 0.620. The maximum atomic E-state index is 5.61. The van der Waals surface area contributed by atoms with Gasteiger partial charge in [0, 0.05) is 23.1 Å². The van der Waals surface area contributed by atoms with Crippen LogP contribution in [-0.4, -0.2) is 19.8 Å². The van der Waals surface area contributed by atoms with Gasteiger partial charge in [0.25, 0.3) is 0 Å². The van der Waals surface area contributed by atoms with E-state index in [1.807, 2.05) is 18.2 Å². The number of benzene rings is 1. The topological polar surface area (TPSA) is 30.5 Å². The predicted molar refractivity (Wildman–Crippen MR) is 67.2 cm³/mol. The van der Waals surface area contributed by atoms with E-state index < -0.39 is 0 Å².